The number of hydrogen-bond donors (Lipinski definition) is 0. The Kier molecular flexibility index (Phi) is 6.57. The average molecular weight is 351 g/mol. The number of anilines is 2. The van der Waals surface area contributed by atoms with Gasteiger partial charge in [0.25, 0.3) is 0 Å². The maximum absolute atomic E-state index is 9.51. The summed E-state index contributed by atoms with van der Waals surface area (Å²) >= 11 is 0. The van der Waals surface area contributed by atoms with Crippen molar-refractivity contribution in [3.05, 3.63) is 35.2 Å². The van der Waals surface area contributed by atoms with E-state index in [1.54, 1.807) is 6.20 Å². The molecule has 2 rings (SSSR count). The van der Waals surface area contributed by atoms with Crippen LogP contribution in [0.2, 0.25) is 0 Å². The second kappa shape index (κ2) is 8.66. The molecule has 0 radical (unpaired) electrons. The summed E-state index contributed by atoms with van der Waals surface area (Å²) < 4.78 is 0. The number of aromatic nitrogens is 2. The minimum absolute atomic E-state index is 0.419. The monoisotopic (exact) mass is 351 g/mol. The van der Waals surface area contributed by atoms with E-state index >= 15 is 0 Å². The fourth-order valence-corrected chi connectivity index (χ4v) is 3.57. The van der Waals surface area contributed by atoms with Crippen LogP contribution in [-0.2, 0) is 0 Å². The molecule has 0 aliphatic carbocycles. The zero-order chi connectivity index (χ0) is 19.3. The summed E-state index contributed by atoms with van der Waals surface area (Å²) in [5.41, 5.74) is 5.59. The minimum atomic E-state index is 0.419. The first-order chi connectivity index (χ1) is 12.5. The highest BCUT2D eigenvalue weighted by Gasteiger charge is 2.22. The minimum Gasteiger partial charge on any atom is -0.371 e. The quantitative estimate of drug-likeness (QED) is 0.743. The Bertz CT molecular complexity index is 799. The molecule has 0 saturated heterocycles. The van der Waals surface area contributed by atoms with Gasteiger partial charge >= 0.3 is 0 Å². The lowest BCUT2D eigenvalue weighted by atomic mass is 10.00. The zero-order valence-electron chi connectivity index (χ0n) is 16.8. The van der Waals surface area contributed by atoms with E-state index in [9.17, 15) is 5.26 Å². The van der Waals surface area contributed by atoms with Crippen molar-refractivity contribution in [1.82, 2.24) is 9.97 Å². The van der Waals surface area contributed by atoms with Crippen LogP contribution in [0, 0.1) is 25.2 Å². The SMILES string of the molecule is CCN(CC)c1nc(-c2cccnc2C#N)c(C)c(N(CC)CC)c1C. The van der Waals surface area contributed by atoms with Crippen LogP contribution in [0.3, 0.4) is 0 Å². The summed E-state index contributed by atoms with van der Waals surface area (Å²) in [6, 6.07) is 6.02. The lowest BCUT2D eigenvalue weighted by Crippen LogP contribution is -2.28. The van der Waals surface area contributed by atoms with Crippen LogP contribution >= 0.6 is 0 Å². The average Bonchev–Trinajstić information content (AvgIpc) is 2.67. The summed E-state index contributed by atoms with van der Waals surface area (Å²) in [7, 11) is 0. The first-order valence-corrected chi connectivity index (χ1v) is 9.40. The van der Waals surface area contributed by atoms with Crippen LogP contribution in [-0.4, -0.2) is 36.1 Å². The number of rotatable bonds is 7. The van der Waals surface area contributed by atoms with Gasteiger partial charge in [0, 0.05) is 49.2 Å². The highest BCUT2D eigenvalue weighted by atomic mass is 15.2. The van der Waals surface area contributed by atoms with Gasteiger partial charge in [0.05, 0.1) is 5.69 Å². The van der Waals surface area contributed by atoms with Gasteiger partial charge in [0.2, 0.25) is 0 Å². The third-order valence-corrected chi connectivity index (χ3v) is 4.93. The van der Waals surface area contributed by atoms with Crippen molar-refractivity contribution in [2.45, 2.75) is 41.5 Å². The van der Waals surface area contributed by atoms with Gasteiger partial charge in [-0.2, -0.15) is 5.26 Å². The van der Waals surface area contributed by atoms with E-state index in [-0.39, 0.29) is 0 Å². The zero-order valence-corrected chi connectivity index (χ0v) is 16.8. The molecular weight excluding hydrogens is 322 g/mol. The highest BCUT2D eigenvalue weighted by molar-refractivity contribution is 5.79. The molecule has 5 nitrogen and oxygen atoms in total. The van der Waals surface area contributed by atoms with Crippen molar-refractivity contribution in [2.24, 2.45) is 0 Å². The third-order valence-electron chi connectivity index (χ3n) is 4.93. The van der Waals surface area contributed by atoms with Crippen LogP contribution in [0.15, 0.2) is 18.3 Å². The van der Waals surface area contributed by atoms with Crippen LogP contribution in [0.5, 0.6) is 0 Å². The Labute approximate surface area is 157 Å². The van der Waals surface area contributed by atoms with Crippen LogP contribution in [0.25, 0.3) is 11.3 Å². The molecule has 26 heavy (non-hydrogen) atoms. The van der Waals surface area contributed by atoms with Gasteiger partial charge in [0.15, 0.2) is 0 Å². The molecule has 0 spiro atoms. The lowest BCUT2D eigenvalue weighted by molar-refractivity contribution is 0.824. The summed E-state index contributed by atoms with van der Waals surface area (Å²) in [5, 5.41) is 9.51. The van der Waals surface area contributed by atoms with E-state index in [4.69, 9.17) is 4.98 Å². The van der Waals surface area contributed by atoms with Gasteiger partial charge < -0.3 is 9.80 Å². The maximum atomic E-state index is 9.51. The van der Waals surface area contributed by atoms with Gasteiger partial charge in [0.1, 0.15) is 17.6 Å². The van der Waals surface area contributed by atoms with Crippen molar-refractivity contribution in [2.75, 3.05) is 36.0 Å². The Morgan fingerprint density at radius 2 is 1.58 bits per heavy atom. The molecule has 0 saturated carbocycles. The molecule has 0 amide bonds. The van der Waals surface area contributed by atoms with E-state index in [2.05, 4.69) is 62.4 Å². The summed E-state index contributed by atoms with van der Waals surface area (Å²) in [5.74, 6) is 0.991. The molecule has 0 aromatic carbocycles. The summed E-state index contributed by atoms with van der Waals surface area (Å²) in [6.45, 7) is 16.5. The van der Waals surface area contributed by atoms with Crippen LogP contribution < -0.4 is 9.80 Å². The highest BCUT2D eigenvalue weighted by Crippen LogP contribution is 2.37. The van der Waals surface area contributed by atoms with Crippen LogP contribution in [0.4, 0.5) is 11.5 Å². The van der Waals surface area contributed by atoms with Gasteiger partial charge in [-0.15, -0.1) is 0 Å². The van der Waals surface area contributed by atoms with Gasteiger partial charge in [-0.25, -0.2) is 9.97 Å². The standard InChI is InChI=1S/C21H29N5/c1-7-25(8-2)20-15(5)19(17-12-11-13-23-18(17)14-22)24-21(16(20)6)26(9-3)10-4/h11-13H,7-10H2,1-6H3. The van der Waals surface area contributed by atoms with Crippen molar-refractivity contribution >= 4 is 11.5 Å². The van der Waals surface area contributed by atoms with Crippen molar-refractivity contribution < 1.29 is 0 Å². The third kappa shape index (κ3) is 3.50. The maximum Gasteiger partial charge on any atom is 0.149 e. The second-order valence-electron chi connectivity index (χ2n) is 6.24. The smallest absolute Gasteiger partial charge is 0.149 e. The Morgan fingerprint density at radius 3 is 2.12 bits per heavy atom. The second-order valence-corrected chi connectivity index (χ2v) is 6.24. The normalized spacial score (nSPS) is 10.5. The Balaban J connectivity index is 2.86. The summed E-state index contributed by atoms with van der Waals surface area (Å²) in [4.78, 5) is 13.9. The molecule has 0 aliphatic rings. The molecule has 0 bridgehead atoms. The van der Waals surface area contributed by atoms with E-state index in [0.29, 0.717) is 5.69 Å². The Morgan fingerprint density at radius 1 is 0.962 bits per heavy atom. The Hall–Kier alpha value is -2.61. The molecule has 0 unspecified atom stereocenters. The van der Waals surface area contributed by atoms with Crippen molar-refractivity contribution in [3.8, 4) is 17.3 Å². The molecular formula is C21H29N5. The number of hydrogen-bond acceptors (Lipinski definition) is 5. The van der Waals surface area contributed by atoms with Crippen molar-refractivity contribution in [1.29, 1.82) is 5.26 Å². The molecule has 5 heteroatoms. The van der Waals surface area contributed by atoms with Crippen LogP contribution in [0.1, 0.15) is 44.5 Å². The first-order valence-electron chi connectivity index (χ1n) is 9.40. The molecule has 2 heterocycles. The largest absolute Gasteiger partial charge is 0.371 e. The molecule has 0 fully saturated rings. The van der Waals surface area contributed by atoms with Gasteiger partial charge in [-0.3, -0.25) is 0 Å². The van der Waals surface area contributed by atoms with E-state index in [1.807, 2.05) is 12.1 Å². The van der Waals surface area contributed by atoms with E-state index in [1.165, 1.54) is 11.3 Å². The molecule has 2 aromatic heterocycles. The predicted molar refractivity (Wildman–Crippen MR) is 109 cm³/mol. The van der Waals surface area contributed by atoms with Crippen molar-refractivity contribution in [3.63, 3.8) is 0 Å². The van der Waals surface area contributed by atoms with E-state index < -0.39 is 0 Å². The predicted octanol–water partition coefficient (Wildman–Crippen LogP) is 4.32. The van der Waals surface area contributed by atoms with E-state index in [0.717, 1.165) is 48.8 Å². The molecule has 138 valence electrons. The van der Waals surface area contributed by atoms with Gasteiger partial charge in [-0.1, -0.05) is 0 Å². The lowest BCUT2D eigenvalue weighted by Gasteiger charge is -2.31. The molecule has 0 atom stereocenters. The number of pyridine rings is 2. The molecule has 0 N–H and O–H groups in total. The number of nitrogens with zero attached hydrogens (tertiary/aromatic N) is 5. The molecule has 2 aromatic rings. The molecule has 0 aliphatic heterocycles. The van der Waals surface area contributed by atoms with Gasteiger partial charge in [-0.05, 0) is 59.2 Å². The first kappa shape index (κ1) is 19.7. The fraction of sp³-hybridized carbons (Fsp3) is 0.476. The fourth-order valence-electron chi connectivity index (χ4n) is 3.57. The number of nitriles is 1. The topological polar surface area (TPSA) is 56.1 Å². The summed E-state index contributed by atoms with van der Waals surface area (Å²) in [6.07, 6.45) is 1.65.